The molecule has 2 aromatic carbocycles. The summed E-state index contributed by atoms with van der Waals surface area (Å²) in [6.07, 6.45) is 5.55. The molecule has 1 aromatic heterocycles. The van der Waals surface area contributed by atoms with Gasteiger partial charge in [-0.15, -0.1) is 0 Å². The van der Waals surface area contributed by atoms with E-state index in [-0.39, 0.29) is 17.9 Å². The number of para-hydroxylation sites is 1. The summed E-state index contributed by atoms with van der Waals surface area (Å²) >= 11 is 0. The van der Waals surface area contributed by atoms with Crippen molar-refractivity contribution in [1.29, 1.82) is 0 Å². The summed E-state index contributed by atoms with van der Waals surface area (Å²) in [6.45, 7) is 6.42. The minimum absolute atomic E-state index is 0.0675. The first-order valence-corrected chi connectivity index (χ1v) is 11.7. The second-order valence-electron chi connectivity index (χ2n) is 9.62. The van der Waals surface area contributed by atoms with E-state index < -0.39 is 5.54 Å². The third-order valence-electron chi connectivity index (χ3n) is 7.44. The van der Waals surface area contributed by atoms with Gasteiger partial charge in [0.1, 0.15) is 11.2 Å². The molecule has 0 radical (unpaired) electrons. The molecule has 2 heterocycles. The van der Waals surface area contributed by atoms with Gasteiger partial charge in [0, 0.05) is 22.6 Å². The number of amides is 2. The van der Waals surface area contributed by atoms with Crippen LogP contribution in [-0.2, 0) is 11.3 Å². The monoisotopic (exact) mass is 429 g/mol. The molecule has 0 saturated heterocycles. The fraction of sp³-hybridized carbons (Fsp3) is 0.407. The van der Waals surface area contributed by atoms with Crippen molar-refractivity contribution in [2.45, 2.75) is 71.0 Å². The van der Waals surface area contributed by atoms with E-state index in [1.807, 2.05) is 73.9 Å². The number of hydrogen-bond acceptors (Lipinski definition) is 2. The number of fused-ring (bicyclic) bond motifs is 3. The molecule has 2 aliphatic rings. The van der Waals surface area contributed by atoms with Gasteiger partial charge in [0.05, 0.1) is 6.54 Å². The van der Waals surface area contributed by atoms with Crippen LogP contribution in [0.3, 0.4) is 0 Å². The average molecular weight is 430 g/mol. The third kappa shape index (κ3) is 3.22. The minimum atomic E-state index is -1.03. The zero-order chi connectivity index (χ0) is 22.5. The summed E-state index contributed by atoms with van der Waals surface area (Å²) in [5.41, 5.74) is 3.55. The summed E-state index contributed by atoms with van der Waals surface area (Å²) < 4.78 is 2.03. The number of aromatic nitrogens is 1. The molecule has 32 heavy (non-hydrogen) atoms. The normalized spacial score (nSPS) is 21.6. The molecular weight excluding hydrogens is 398 g/mol. The van der Waals surface area contributed by atoms with E-state index in [0.29, 0.717) is 12.2 Å². The van der Waals surface area contributed by atoms with Gasteiger partial charge >= 0.3 is 0 Å². The van der Waals surface area contributed by atoms with Crippen molar-refractivity contribution in [3.8, 4) is 0 Å². The molecule has 1 atom stereocenters. The quantitative estimate of drug-likeness (QED) is 0.628. The van der Waals surface area contributed by atoms with Crippen molar-refractivity contribution in [1.82, 2.24) is 9.88 Å². The van der Waals surface area contributed by atoms with Crippen molar-refractivity contribution >= 4 is 28.4 Å². The molecule has 0 unspecified atom stereocenters. The predicted molar refractivity (Wildman–Crippen MR) is 128 cm³/mol. The van der Waals surface area contributed by atoms with Crippen LogP contribution >= 0.6 is 0 Å². The van der Waals surface area contributed by atoms with E-state index in [0.717, 1.165) is 53.4 Å². The summed E-state index contributed by atoms with van der Waals surface area (Å²) in [5, 5.41) is 4.33. The standard InChI is InChI=1S/C27H31N3O2/c1-18-10-9-15-22(19(18)2)30-25(31)24-16-20-11-7-8-14-23(20)29(24)17-27(30,3)26(32)28-21-12-5-4-6-13-21/h7-11,14-16,21H,4-6,12-13,17H2,1-3H3,(H,28,32)/t27-/m0/s1. The molecule has 1 N–H and O–H groups in total. The van der Waals surface area contributed by atoms with E-state index in [4.69, 9.17) is 0 Å². The molecule has 1 fully saturated rings. The third-order valence-corrected chi connectivity index (χ3v) is 7.44. The van der Waals surface area contributed by atoms with Crippen LogP contribution in [-0.4, -0.2) is 28.0 Å². The number of rotatable bonds is 3. The van der Waals surface area contributed by atoms with Crippen LogP contribution in [0.2, 0.25) is 0 Å². The largest absolute Gasteiger partial charge is 0.351 e. The number of anilines is 1. The van der Waals surface area contributed by atoms with Gasteiger partial charge in [0.15, 0.2) is 0 Å². The van der Waals surface area contributed by atoms with Crippen LogP contribution in [0.15, 0.2) is 48.5 Å². The van der Waals surface area contributed by atoms with Gasteiger partial charge in [-0.2, -0.15) is 0 Å². The zero-order valence-electron chi connectivity index (χ0n) is 19.1. The second-order valence-corrected chi connectivity index (χ2v) is 9.62. The molecule has 0 spiro atoms. The SMILES string of the molecule is Cc1cccc(N2C(=O)c3cc4ccccc4n3C[C@@]2(C)C(=O)NC2CCCCC2)c1C. The first-order chi connectivity index (χ1) is 15.4. The van der Waals surface area contributed by atoms with Crippen molar-refractivity contribution in [2.24, 2.45) is 0 Å². The summed E-state index contributed by atoms with van der Waals surface area (Å²) in [4.78, 5) is 29.6. The number of nitrogens with zero attached hydrogens (tertiary/aromatic N) is 2. The molecular formula is C27H31N3O2. The molecule has 1 aliphatic carbocycles. The van der Waals surface area contributed by atoms with Crippen LogP contribution in [0.25, 0.3) is 10.9 Å². The Balaban J connectivity index is 1.65. The summed E-state index contributed by atoms with van der Waals surface area (Å²) in [6, 6.07) is 16.1. The van der Waals surface area contributed by atoms with Gasteiger partial charge in [-0.1, -0.05) is 49.6 Å². The maximum atomic E-state index is 14.0. The lowest BCUT2D eigenvalue weighted by Gasteiger charge is -2.45. The molecule has 5 heteroatoms. The summed E-state index contributed by atoms with van der Waals surface area (Å²) in [7, 11) is 0. The maximum absolute atomic E-state index is 14.0. The van der Waals surface area contributed by atoms with Gasteiger partial charge in [-0.3, -0.25) is 14.5 Å². The molecule has 5 rings (SSSR count). The van der Waals surface area contributed by atoms with Crippen LogP contribution in [0.5, 0.6) is 0 Å². The molecule has 3 aromatic rings. The van der Waals surface area contributed by atoms with E-state index in [2.05, 4.69) is 5.32 Å². The highest BCUT2D eigenvalue weighted by atomic mass is 16.2. The smallest absolute Gasteiger partial charge is 0.275 e. The molecule has 2 amide bonds. The Morgan fingerprint density at radius 1 is 1.03 bits per heavy atom. The van der Waals surface area contributed by atoms with Gasteiger partial charge in [-0.25, -0.2) is 0 Å². The number of hydrogen-bond donors (Lipinski definition) is 1. The number of carbonyl (C=O) groups is 2. The lowest BCUT2D eigenvalue weighted by atomic mass is 9.90. The number of benzene rings is 2. The predicted octanol–water partition coefficient (Wildman–Crippen LogP) is 5.13. The Morgan fingerprint density at radius 3 is 2.56 bits per heavy atom. The van der Waals surface area contributed by atoms with Crippen molar-refractivity contribution in [3.63, 3.8) is 0 Å². The van der Waals surface area contributed by atoms with E-state index >= 15 is 0 Å². The highest BCUT2D eigenvalue weighted by Crippen LogP contribution is 2.38. The molecule has 166 valence electrons. The lowest BCUT2D eigenvalue weighted by Crippen LogP contribution is -2.65. The highest BCUT2D eigenvalue weighted by Gasteiger charge is 2.49. The number of aryl methyl sites for hydroxylation is 1. The Kier molecular flexibility index (Phi) is 5.07. The number of nitrogens with one attached hydrogen (secondary N) is 1. The fourth-order valence-corrected chi connectivity index (χ4v) is 5.39. The van der Waals surface area contributed by atoms with Crippen LogP contribution < -0.4 is 10.2 Å². The summed E-state index contributed by atoms with van der Waals surface area (Å²) in [5.74, 6) is -0.190. The van der Waals surface area contributed by atoms with Gasteiger partial charge in [0.2, 0.25) is 5.91 Å². The van der Waals surface area contributed by atoms with Crippen molar-refractivity contribution in [3.05, 3.63) is 65.4 Å². The van der Waals surface area contributed by atoms with E-state index in [1.165, 1.54) is 6.42 Å². The topological polar surface area (TPSA) is 54.3 Å². The molecule has 0 bridgehead atoms. The fourth-order valence-electron chi connectivity index (χ4n) is 5.39. The maximum Gasteiger partial charge on any atom is 0.275 e. The van der Waals surface area contributed by atoms with E-state index in [1.54, 1.807) is 4.90 Å². The average Bonchev–Trinajstić information content (AvgIpc) is 3.16. The number of carbonyl (C=O) groups excluding carboxylic acids is 2. The first kappa shape index (κ1) is 20.8. The van der Waals surface area contributed by atoms with Crippen LogP contribution in [0.4, 0.5) is 5.69 Å². The highest BCUT2D eigenvalue weighted by molar-refractivity contribution is 6.14. The van der Waals surface area contributed by atoms with Crippen molar-refractivity contribution < 1.29 is 9.59 Å². The minimum Gasteiger partial charge on any atom is -0.351 e. The Morgan fingerprint density at radius 2 is 1.78 bits per heavy atom. The van der Waals surface area contributed by atoms with E-state index in [9.17, 15) is 9.59 Å². The van der Waals surface area contributed by atoms with Crippen LogP contribution in [0, 0.1) is 13.8 Å². The van der Waals surface area contributed by atoms with Gasteiger partial charge in [0.25, 0.3) is 5.91 Å². The Labute approximate surface area is 189 Å². The molecule has 1 saturated carbocycles. The van der Waals surface area contributed by atoms with Crippen molar-refractivity contribution in [2.75, 3.05) is 4.90 Å². The second kappa shape index (κ2) is 7.80. The van der Waals surface area contributed by atoms with Crippen LogP contribution in [0.1, 0.15) is 60.6 Å². The van der Waals surface area contributed by atoms with Gasteiger partial charge in [-0.05, 0) is 62.9 Å². The Hall–Kier alpha value is -3.08. The Bertz CT molecular complexity index is 1200. The first-order valence-electron chi connectivity index (χ1n) is 11.7. The molecule has 1 aliphatic heterocycles. The molecule has 5 nitrogen and oxygen atoms in total. The lowest BCUT2D eigenvalue weighted by molar-refractivity contribution is -0.127. The van der Waals surface area contributed by atoms with Gasteiger partial charge < -0.3 is 9.88 Å². The zero-order valence-corrected chi connectivity index (χ0v) is 19.1.